The van der Waals surface area contributed by atoms with Crippen molar-refractivity contribution in [2.75, 3.05) is 82.1 Å². The lowest BCUT2D eigenvalue weighted by Crippen LogP contribution is -2.63. The van der Waals surface area contributed by atoms with Crippen molar-refractivity contribution < 1.29 is 67.4 Å². The van der Waals surface area contributed by atoms with Crippen LogP contribution in [0.15, 0.2) is 12.2 Å². The number of nitrogens with one attached hydrogen (secondary N) is 1. The molecule has 3 saturated heterocycles. The van der Waals surface area contributed by atoms with Gasteiger partial charge in [0.05, 0.1) is 24.2 Å². The van der Waals surface area contributed by atoms with Crippen LogP contribution in [0.3, 0.4) is 0 Å². The van der Waals surface area contributed by atoms with Crippen molar-refractivity contribution in [1.82, 2.24) is 49.4 Å². The van der Waals surface area contributed by atoms with Crippen molar-refractivity contribution in [1.29, 1.82) is 0 Å². The zero-order valence-corrected chi connectivity index (χ0v) is 62.9. The molecule has 9 amide bonds. The number of piperazine rings is 1. The number of carbonyl (C=O) groups excluding carboxylic acids is 12. The second-order valence-corrected chi connectivity index (χ2v) is 30.2. The predicted molar refractivity (Wildman–Crippen MR) is 369 cm³/mol. The molecule has 0 radical (unpaired) electrons. The lowest BCUT2D eigenvalue weighted by atomic mass is 9.83. The first-order chi connectivity index (χ1) is 44.6. The van der Waals surface area contributed by atoms with E-state index in [4.69, 9.17) is 4.74 Å². The summed E-state index contributed by atoms with van der Waals surface area (Å²) in [4.78, 5) is 190. The molecule has 24 heteroatoms. The summed E-state index contributed by atoms with van der Waals surface area (Å²) in [5, 5.41) is 15.1. The molecule has 2 N–H and O–H groups in total. The van der Waals surface area contributed by atoms with Gasteiger partial charge >= 0.3 is 6.09 Å². The van der Waals surface area contributed by atoms with Gasteiger partial charge in [-0.15, -0.1) is 0 Å². The number of rotatable bonds is 17. The van der Waals surface area contributed by atoms with Gasteiger partial charge in [-0.25, -0.2) is 4.79 Å². The van der Waals surface area contributed by atoms with Gasteiger partial charge in [-0.1, -0.05) is 116 Å². The van der Waals surface area contributed by atoms with E-state index in [0.29, 0.717) is 39.0 Å². The largest absolute Gasteiger partial charge is 0.447 e. The Morgan fingerprint density at radius 3 is 1.55 bits per heavy atom. The zero-order chi connectivity index (χ0) is 73.4. The zero-order valence-electron chi connectivity index (χ0n) is 62.9. The van der Waals surface area contributed by atoms with E-state index in [1.54, 1.807) is 59.4 Å². The van der Waals surface area contributed by atoms with Gasteiger partial charge in [-0.2, -0.15) is 0 Å². The Morgan fingerprint density at radius 1 is 0.531 bits per heavy atom. The summed E-state index contributed by atoms with van der Waals surface area (Å²) in [6.45, 7) is 32.6. The summed E-state index contributed by atoms with van der Waals surface area (Å²) in [6, 6.07) is -9.95. The number of ether oxygens (including phenoxy) is 1. The third-order valence-corrected chi connectivity index (χ3v) is 20.4. The molecule has 0 spiro atoms. The first kappa shape index (κ1) is 83.9. The van der Waals surface area contributed by atoms with E-state index in [-0.39, 0.29) is 93.0 Å². The molecule has 0 bridgehead atoms. The van der Waals surface area contributed by atoms with Crippen LogP contribution in [0.2, 0.25) is 0 Å². The SMILES string of the molecule is C/C=C/C[C@@H](C)[C@@H](O)[C@H]1C(=O)N[C@@H](CC)C(=O)N(C)[C@H](C)C(=O)N(C)[C@@H]([C@H](C)CCN2CCN3C(=O)OC[C@@H]3C2)C(=O)C[C@@H](C(C)C)C(=O)N(C)[C@@H](CC(C)C)C(=O)C[C@@H](C)C(=O)C[C@H](C)C(=O)N(C)[C@@H](CC(C)C)C(=O)N(C)[C@@H](CC(C)C)C(=O)N(C)[C@@H](C(C)C)C(=O)N1C. The van der Waals surface area contributed by atoms with E-state index >= 15 is 33.6 Å². The van der Waals surface area contributed by atoms with Crippen LogP contribution in [-0.2, 0) is 57.5 Å². The predicted octanol–water partition coefficient (Wildman–Crippen LogP) is 6.05. The first-order valence-corrected chi connectivity index (χ1v) is 35.3. The molecule has 15 atom stereocenters. The summed E-state index contributed by atoms with van der Waals surface area (Å²) in [5.41, 5.74) is 0. The minimum Gasteiger partial charge on any atom is -0.447 e. The minimum absolute atomic E-state index is 0.00396. The number of allylic oxidation sites excluding steroid dienone is 2. The summed E-state index contributed by atoms with van der Waals surface area (Å²) < 4.78 is 5.31. The average molecular weight is 1350 g/mol. The van der Waals surface area contributed by atoms with Gasteiger partial charge in [0.2, 0.25) is 47.3 Å². The fourth-order valence-electron chi connectivity index (χ4n) is 13.9. The monoisotopic (exact) mass is 1350 g/mol. The van der Waals surface area contributed by atoms with Crippen molar-refractivity contribution in [3.05, 3.63) is 12.2 Å². The molecule has 0 aromatic heterocycles. The van der Waals surface area contributed by atoms with Crippen LogP contribution in [0.5, 0.6) is 0 Å². The minimum atomic E-state index is -1.63. The highest BCUT2D eigenvalue weighted by Gasteiger charge is 2.47. The maximum atomic E-state index is 15.4. The molecule has 3 aliphatic heterocycles. The second-order valence-electron chi connectivity index (χ2n) is 30.2. The van der Waals surface area contributed by atoms with E-state index in [2.05, 4.69) is 10.2 Å². The van der Waals surface area contributed by atoms with Gasteiger partial charge in [0.15, 0.2) is 11.6 Å². The fraction of sp³-hybridized carbons (Fsp3) is 0.806. The van der Waals surface area contributed by atoms with E-state index < -0.39 is 149 Å². The van der Waals surface area contributed by atoms with Crippen LogP contribution < -0.4 is 5.32 Å². The third kappa shape index (κ3) is 21.6. The summed E-state index contributed by atoms with van der Waals surface area (Å²) in [5.74, 6) is -11.6. The molecular weight excluding hydrogens is 1230 g/mol. The van der Waals surface area contributed by atoms with Crippen molar-refractivity contribution in [2.45, 2.75) is 236 Å². The molecule has 3 aliphatic rings. The highest BCUT2D eigenvalue weighted by molar-refractivity contribution is 6.00. The molecule has 3 fully saturated rings. The molecule has 3 heterocycles. The molecule has 546 valence electrons. The van der Waals surface area contributed by atoms with Crippen LogP contribution in [0, 0.1) is 59.2 Å². The molecular formula is C72H124N10O14. The number of amides is 9. The number of aliphatic hydroxyl groups is 1. The number of nitrogens with zero attached hydrogens (tertiary/aromatic N) is 9. The number of Topliss-reactive ketones (excluding diaryl/α,β-unsaturated/α-hetero) is 3. The first-order valence-electron chi connectivity index (χ1n) is 35.3. The van der Waals surface area contributed by atoms with Gasteiger partial charge in [0.1, 0.15) is 48.6 Å². The number of cyclic esters (lactones) is 1. The Kier molecular flexibility index (Phi) is 32.9. The Hall–Kier alpha value is -6.30. The van der Waals surface area contributed by atoms with Gasteiger partial charge in [-0.3, -0.25) is 62.5 Å². The van der Waals surface area contributed by atoms with E-state index in [9.17, 15) is 29.1 Å². The van der Waals surface area contributed by atoms with E-state index in [1.165, 1.54) is 85.7 Å². The van der Waals surface area contributed by atoms with Gasteiger partial charge < -0.3 is 49.5 Å². The van der Waals surface area contributed by atoms with Gasteiger partial charge in [0, 0.05) is 106 Å². The van der Waals surface area contributed by atoms with Gasteiger partial charge in [0.25, 0.3) is 0 Å². The lowest BCUT2D eigenvalue weighted by Gasteiger charge is -2.41. The normalized spacial score (nSPS) is 29.0. The van der Waals surface area contributed by atoms with Crippen LogP contribution in [-0.4, -0.2) is 263 Å². The Labute approximate surface area is 574 Å². The highest BCUT2D eigenvalue weighted by Crippen LogP contribution is 2.31. The Bertz CT molecular complexity index is 2740. The summed E-state index contributed by atoms with van der Waals surface area (Å²) in [7, 11) is 10.2. The molecule has 0 aromatic rings. The molecule has 24 nitrogen and oxygen atoms in total. The molecule has 0 aromatic carbocycles. The van der Waals surface area contributed by atoms with E-state index in [1.807, 2.05) is 68.4 Å². The van der Waals surface area contributed by atoms with Crippen LogP contribution >= 0.6 is 0 Å². The van der Waals surface area contributed by atoms with Crippen molar-refractivity contribution >= 4 is 70.7 Å². The topological polar surface area (TPSA) is 275 Å². The fourth-order valence-corrected chi connectivity index (χ4v) is 13.9. The van der Waals surface area contributed by atoms with Crippen molar-refractivity contribution in [2.24, 2.45) is 59.2 Å². The third-order valence-electron chi connectivity index (χ3n) is 20.4. The number of carbonyl (C=O) groups is 12. The number of aliphatic hydroxyl groups excluding tert-OH is 1. The molecule has 96 heavy (non-hydrogen) atoms. The molecule has 0 saturated carbocycles. The summed E-state index contributed by atoms with van der Waals surface area (Å²) >= 11 is 0. The number of ketones is 3. The number of hydrogen-bond acceptors (Lipinski definition) is 15. The second kappa shape index (κ2) is 37.6. The Balaban J connectivity index is 2.33. The van der Waals surface area contributed by atoms with Gasteiger partial charge in [-0.05, 0) is 100 Å². The van der Waals surface area contributed by atoms with Crippen LogP contribution in [0.1, 0.15) is 175 Å². The number of hydrogen-bond donors (Lipinski definition) is 2. The highest BCUT2D eigenvalue weighted by atomic mass is 16.6. The maximum Gasteiger partial charge on any atom is 0.410 e. The average Bonchev–Trinajstić information content (AvgIpc) is 0.844. The standard InChI is InChI=1S/C72H124N10O14/c1-25-27-28-47(14)63(86)62-64(87)73-53(26-2)68(91)74(18)50(17)66(89)79(23)61(46(13)29-30-81-31-32-82-51(39-81)40-96-72(82)95)59(85)38-52(44(9)10)67(90)75(19)54(33-41(3)4)58(84)36-48(15)57(83)37-49(16)65(88)76(20)55(34-42(5)6)69(92)77(21)56(35-43(7)8)70(93)78(22)60(45(11)12)71(94)80(62)24/h25,27,41-56,60-63,86H,26,28-40H2,1-24H3,(H,73,87)/b27-25+/t46-,47-,48-,49+,50-,51+,52+,53+,54+,55+,56+,60+,61+,62+,63-/m1/s1. The van der Waals surface area contributed by atoms with Crippen LogP contribution in [0.25, 0.3) is 0 Å². The van der Waals surface area contributed by atoms with Crippen molar-refractivity contribution in [3.63, 3.8) is 0 Å². The van der Waals surface area contributed by atoms with Crippen molar-refractivity contribution in [3.8, 4) is 0 Å². The van der Waals surface area contributed by atoms with E-state index in [0.717, 1.165) is 4.90 Å². The maximum absolute atomic E-state index is 15.4. The quantitative estimate of drug-likeness (QED) is 0.157. The molecule has 0 unspecified atom stereocenters. The summed E-state index contributed by atoms with van der Waals surface area (Å²) in [6.07, 6.45) is 2.19. The molecule has 3 rings (SSSR count). The lowest BCUT2D eigenvalue weighted by molar-refractivity contribution is -0.157. The number of likely N-dealkylation sites (N-methyl/N-ethyl adjacent to an activating group) is 7. The smallest absolute Gasteiger partial charge is 0.410 e. The van der Waals surface area contributed by atoms with Crippen LogP contribution in [0.4, 0.5) is 4.79 Å². The Morgan fingerprint density at radius 2 is 1.03 bits per heavy atom. The molecule has 0 aliphatic carbocycles. The number of fused-ring (bicyclic) bond motifs is 1.